The first-order valence-electron chi connectivity index (χ1n) is 8.12. The second-order valence-corrected chi connectivity index (χ2v) is 7.72. The molecule has 1 aromatic carbocycles. The van der Waals surface area contributed by atoms with E-state index < -0.39 is 0 Å². The molecule has 1 amide bonds. The van der Waals surface area contributed by atoms with Gasteiger partial charge in [-0.25, -0.2) is 0 Å². The Hall–Kier alpha value is -0.770. The lowest BCUT2D eigenvalue weighted by atomic mass is 9.82. The highest BCUT2D eigenvalue weighted by Gasteiger charge is 2.29. The fraction of sp³-hybridized carbons (Fsp3) is 0.611. The molecule has 1 saturated heterocycles. The summed E-state index contributed by atoms with van der Waals surface area (Å²) in [4.78, 5) is 12.5. The molecule has 2 rings (SSSR count). The summed E-state index contributed by atoms with van der Waals surface area (Å²) in [7, 11) is 0. The van der Waals surface area contributed by atoms with E-state index in [0.717, 1.165) is 37.4 Å². The monoisotopic (exact) mass is 358 g/mol. The van der Waals surface area contributed by atoms with Crippen LogP contribution in [0.25, 0.3) is 0 Å². The minimum atomic E-state index is 0. The van der Waals surface area contributed by atoms with Crippen molar-refractivity contribution in [3.05, 3.63) is 34.9 Å². The molecule has 0 aromatic heterocycles. The molecule has 1 atom stereocenters. The zero-order valence-corrected chi connectivity index (χ0v) is 15.8. The van der Waals surface area contributed by atoms with Gasteiger partial charge in [0.05, 0.1) is 0 Å². The van der Waals surface area contributed by atoms with Crippen molar-refractivity contribution >= 4 is 29.9 Å². The minimum Gasteiger partial charge on any atom is -0.352 e. The molecular weight excluding hydrogens is 331 g/mol. The number of benzene rings is 1. The third-order valence-corrected chi connectivity index (χ3v) is 4.68. The lowest BCUT2D eigenvalue weighted by molar-refractivity contribution is -0.127. The molecule has 130 valence electrons. The molecule has 0 bridgehead atoms. The van der Waals surface area contributed by atoms with E-state index in [2.05, 4.69) is 31.4 Å². The number of rotatable bonds is 4. The zero-order chi connectivity index (χ0) is 16.2. The predicted octanol–water partition coefficient (Wildman–Crippen LogP) is 3.83. The molecule has 0 saturated carbocycles. The van der Waals surface area contributed by atoms with Gasteiger partial charge in [-0.15, -0.1) is 12.4 Å². The average Bonchev–Trinajstić information content (AvgIpc) is 2.48. The van der Waals surface area contributed by atoms with Crippen LogP contribution < -0.4 is 10.6 Å². The normalized spacial score (nSPS) is 17.2. The van der Waals surface area contributed by atoms with Crippen LogP contribution in [0.5, 0.6) is 0 Å². The number of halogens is 2. The number of nitrogens with one attached hydrogen (secondary N) is 2. The van der Waals surface area contributed by atoms with Gasteiger partial charge >= 0.3 is 0 Å². The van der Waals surface area contributed by atoms with Gasteiger partial charge in [-0.2, -0.15) is 0 Å². The van der Waals surface area contributed by atoms with E-state index in [1.807, 2.05) is 24.3 Å². The van der Waals surface area contributed by atoms with Crippen molar-refractivity contribution in [3.63, 3.8) is 0 Å². The highest BCUT2D eigenvalue weighted by molar-refractivity contribution is 6.30. The second kappa shape index (κ2) is 8.91. The third-order valence-electron chi connectivity index (χ3n) is 4.42. The second-order valence-electron chi connectivity index (χ2n) is 7.28. The molecule has 2 N–H and O–H groups in total. The molecular formula is C18H28Cl2N2O. The smallest absolute Gasteiger partial charge is 0.223 e. The number of carbonyl (C=O) groups is 1. The Balaban J connectivity index is 0.00000264. The van der Waals surface area contributed by atoms with E-state index in [1.54, 1.807) is 0 Å². The summed E-state index contributed by atoms with van der Waals surface area (Å²) in [6.07, 6.45) is 2.70. The third kappa shape index (κ3) is 6.33. The zero-order valence-electron chi connectivity index (χ0n) is 14.2. The van der Waals surface area contributed by atoms with Crippen LogP contribution in [-0.2, 0) is 11.2 Å². The van der Waals surface area contributed by atoms with Crippen molar-refractivity contribution < 1.29 is 4.79 Å². The number of amides is 1. The van der Waals surface area contributed by atoms with Crippen molar-refractivity contribution in [2.75, 3.05) is 13.1 Å². The molecule has 1 fully saturated rings. The number of hydrogen-bond acceptors (Lipinski definition) is 2. The maximum absolute atomic E-state index is 12.5. The number of carbonyl (C=O) groups excluding carboxylic acids is 1. The van der Waals surface area contributed by atoms with Gasteiger partial charge in [-0.3, -0.25) is 4.79 Å². The Morgan fingerprint density at radius 2 is 1.83 bits per heavy atom. The Morgan fingerprint density at radius 3 is 2.35 bits per heavy atom. The largest absolute Gasteiger partial charge is 0.352 e. The maximum Gasteiger partial charge on any atom is 0.223 e. The van der Waals surface area contributed by atoms with Crippen LogP contribution in [-0.4, -0.2) is 25.0 Å². The van der Waals surface area contributed by atoms with Gasteiger partial charge < -0.3 is 10.6 Å². The maximum atomic E-state index is 12.5. The molecule has 1 aromatic rings. The lowest BCUT2D eigenvalue weighted by Crippen LogP contribution is -2.48. The van der Waals surface area contributed by atoms with Crippen LogP contribution >= 0.6 is 24.0 Å². The Labute approximate surface area is 151 Å². The van der Waals surface area contributed by atoms with Crippen LogP contribution in [0.15, 0.2) is 24.3 Å². The summed E-state index contributed by atoms with van der Waals surface area (Å²) in [5.74, 6) is 0.353. The quantitative estimate of drug-likeness (QED) is 0.858. The summed E-state index contributed by atoms with van der Waals surface area (Å²) < 4.78 is 0. The fourth-order valence-corrected chi connectivity index (χ4v) is 2.93. The lowest BCUT2D eigenvalue weighted by Gasteiger charge is -2.34. The number of piperidine rings is 1. The predicted molar refractivity (Wildman–Crippen MR) is 99.4 cm³/mol. The van der Waals surface area contributed by atoms with Crippen LogP contribution in [0.3, 0.4) is 0 Å². The van der Waals surface area contributed by atoms with E-state index in [4.69, 9.17) is 11.6 Å². The Morgan fingerprint density at radius 1 is 1.26 bits per heavy atom. The highest BCUT2D eigenvalue weighted by atomic mass is 35.5. The number of hydrogen-bond donors (Lipinski definition) is 2. The molecule has 3 nitrogen and oxygen atoms in total. The van der Waals surface area contributed by atoms with Gasteiger partial charge in [0.2, 0.25) is 5.91 Å². The van der Waals surface area contributed by atoms with E-state index in [1.165, 1.54) is 5.56 Å². The summed E-state index contributed by atoms with van der Waals surface area (Å²) in [6, 6.07) is 8.02. The average molecular weight is 359 g/mol. The van der Waals surface area contributed by atoms with E-state index in [-0.39, 0.29) is 35.7 Å². The first-order valence-corrected chi connectivity index (χ1v) is 8.49. The molecule has 1 aliphatic rings. The summed E-state index contributed by atoms with van der Waals surface area (Å²) >= 11 is 5.95. The molecule has 0 spiro atoms. The van der Waals surface area contributed by atoms with Crippen LogP contribution in [0.1, 0.15) is 39.2 Å². The molecule has 1 aliphatic heterocycles. The minimum absolute atomic E-state index is 0. The van der Waals surface area contributed by atoms with Crippen LogP contribution in [0.2, 0.25) is 5.02 Å². The first-order chi connectivity index (χ1) is 10.4. The standard InChI is InChI=1S/C18H27ClN2O.ClH/c1-18(2,3)16(12-13-4-6-15(19)7-5-13)21-17(22)14-8-10-20-11-9-14;/h4-7,14,16,20H,8-12H2,1-3H3,(H,21,22);1H. The first kappa shape index (κ1) is 20.3. The van der Waals surface area contributed by atoms with E-state index in [9.17, 15) is 4.79 Å². The molecule has 5 heteroatoms. The van der Waals surface area contributed by atoms with Gasteiger partial charge in [0, 0.05) is 17.0 Å². The van der Waals surface area contributed by atoms with E-state index >= 15 is 0 Å². The van der Waals surface area contributed by atoms with Crippen LogP contribution in [0, 0.1) is 11.3 Å². The van der Waals surface area contributed by atoms with Gasteiger partial charge in [0.15, 0.2) is 0 Å². The van der Waals surface area contributed by atoms with Gasteiger partial charge in [-0.1, -0.05) is 44.5 Å². The highest BCUT2D eigenvalue weighted by Crippen LogP contribution is 2.24. The Kier molecular flexibility index (Phi) is 7.85. The molecule has 1 unspecified atom stereocenters. The summed E-state index contributed by atoms with van der Waals surface area (Å²) in [5, 5.41) is 7.34. The molecule has 0 aliphatic carbocycles. The SMILES string of the molecule is CC(C)(C)C(Cc1ccc(Cl)cc1)NC(=O)C1CCNCC1.Cl. The molecule has 23 heavy (non-hydrogen) atoms. The summed E-state index contributed by atoms with van der Waals surface area (Å²) in [6.45, 7) is 8.41. The fourth-order valence-electron chi connectivity index (χ4n) is 2.80. The van der Waals surface area contributed by atoms with E-state index in [0.29, 0.717) is 0 Å². The summed E-state index contributed by atoms with van der Waals surface area (Å²) in [5.41, 5.74) is 1.22. The molecule has 0 radical (unpaired) electrons. The van der Waals surface area contributed by atoms with Gasteiger partial charge in [0.25, 0.3) is 0 Å². The van der Waals surface area contributed by atoms with Crippen molar-refractivity contribution in [1.29, 1.82) is 0 Å². The van der Waals surface area contributed by atoms with Crippen molar-refractivity contribution in [2.45, 2.75) is 46.1 Å². The van der Waals surface area contributed by atoms with Crippen molar-refractivity contribution in [1.82, 2.24) is 10.6 Å². The van der Waals surface area contributed by atoms with Gasteiger partial charge in [0.1, 0.15) is 0 Å². The van der Waals surface area contributed by atoms with Crippen molar-refractivity contribution in [3.8, 4) is 0 Å². The Bertz CT molecular complexity index is 491. The molecule has 1 heterocycles. The van der Waals surface area contributed by atoms with Crippen molar-refractivity contribution in [2.24, 2.45) is 11.3 Å². The topological polar surface area (TPSA) is 41.1 Å². The van der Waals surface area contributed by atoms with Crippen LogP contribution in [0.4, 0.5) is 0 Å². The van der Waals surface area contributed by atoms with Gasteiger partial charge in [-0.05, 0) is 55.5 Å².